The second-order valence-electron chi connectivity index (χ2n) is 7.43. The van der Waals surface area contributed by atoms with Crippen LogP contribution in [-0.4, -0.2) is 25.5 Å². The van der Waals surface area contributed by atoms with Gasteiger partial charge >= 0.3 is 0 Å². The lowest BCUT2D eigenvalue weighted by Gasteiger charge is -2.09. The number of hydrogen-bond acceptors (Lipinski definition) is 4. The Balaban J connectivity index is 1.38. The Kier molecular flexibility index (Phi) is 8.26. The Morgan fingerprint density at radius 3 is 2.19 bits per heavy atom. The zero-order valence-corrected chi connectivity index (χ0v) is 18.4. The summed E-state index contributed by atoms with van der Waals surface area (Å²) < 4.78 is 10.8. The molecule has 0 spiro atoms. The zero-order valence-electron chi connectivity index (χ0n) is 18.4. The fourth-order valence-electron chi connectivity index (χ4n) is 3.09. The first-order valence-corrected chi connectivity index (χ1v) is 10.6. The fourth-order valence-corrected chi connectivity index (χ4v) is 3.09. The van der Waals surface area contributed by atoms with Gasteiger partial charge in [0, 0.05) is 23.4 Å². The predicted molar refractivity (Wildman–Crippen MR) is 127 cm³/mol. The molecule has 0 bridgehead atoms. The molecule has 0 saturated heterocycles. The number of benzene rings is 3. The summed E-state index contributed by atoms with van der Waals surface area (Å²) in [6.07, 6.45) is 1.95. The van der Waals surface area contributed by atoms with Crippen molar-refractivity contribution in [3.8, 4) is 11.5 Å². The van der Waals surface area contributed by atoms with Gasteiger partial charge in [0.1, 0.15) is 11.5 Å². The van der Waals surface area contributed by atoms with E-state index in [1.165, 1.54) is 0 Å². The maximum Gasteiger partial charge on any atom is 0.255 e. The number of carbonyl (C=O) groups is 2. The van der Waals surface area contributed by atoms with Crippen molar-refractivity contribution in [1.82, 2.24) is 0 Å². The van der Waals surface area contributed by atoms with Crippen molar-refractivity contribution < 1.29 is 19.1 Å². The van der Waals surface area contributed by atoms with Crippen LogP contribution in [0.1, 0.15) is 35.2 Å². The van der Waals surface area contributed by atoms with Crippen LogP contribution in [-0.2, 0) is 4.79 Å². The van der Waals surface area contributed by atoms with Crippen molar-refractivity contribution in [2.24, 2.45) is 0 Å². The van der Waals surface area contributed by atoms with E-state index >= 15 is 0 Å². The Morgan fingerprint density at radius 2 is 1.50 bits per heavy atom. The van der Waals surface area contributed by atoms with E-state index in [0.29, 0.717) is 30.0 Å². The van der Waals surface area contributed by atoms with Gasteiger partial charge in [-0.3, -0.25) is 9.59 Å². The number of anilines is 2. The molecule has 2 amide bonds. The lowest BCUT2D eigenvalue weighted by Crippen LogP contribution is -2.13. The van der Waals surface area contributed by atoms with Gasteiger partial charge in [-0.05, 0) is 86.0 Å². The van der Waals surface area contributed by atoms with Crippen LogP contribution in [0.4, 0.5) is 11.4 Å². The smallest absolute Gasteiger partial charge is 0.255 e. The van der Waals surface area contributed by atoms with Gasteiger partial charge in [0.25, 0.3) is 5.91 Å². The van der Waals surface area contributed by atoms with Crippen molar-refractivity contribution >= 4 is 23.2 Å². The first-order chi connectivity index (χ1) is 15.5. The molecule has 3 rings (SSSR count). The van der Waals surface area contributed by atoms with Crippen LogP contribution in [0.2, 0.25) is 0 Å². The van der Waals surface area contributed by atoms with E-state index in [1.807, 2.05) is 31.2 Å². The van der Waals surface area contributed by atoms with Crippen LogP contribution in [0.15, 0.2) is 72.8 Å². The minimum Gasteiger partial charge on any atom is -0.497 e. The molecule has 6 heteroatoms. The molecule has 0 fully saturated rings. The van der Waals surface area contributed by atoms with Crippen LogP contribution in [0, 0.1) is 6.92 Å². The van der Waals surface area contributed by atoms with Gasteiger partial charge in [0.2, 0.25) is 5.91 Å². The Hall–Kier alpha value is -3.80. The third-order valence-corrected chi connectivity index (χ3v) is 4.84. The molecule has 0 aliphatic rings. The lowest BCUT2D eigenvalue weighted by molar-refractivity contribution is -0.116. The molecule has 0 saturated carbocycles. The molecule has 2 N–H and O–H groups in total. The molecule has 0 atom stereocenters. The van der Waals surface area contributed by atoms with E-state index < -0.39 is 0 Å². The van der Waals surface area contributed by atoms with Crippen molar-refractivity contribution in [3.63, 3.8) is 0 Å². The van der Waals surface area contributed by atoms with Gasteiger partial charge in [0.15, 0.2) is 0 Å². The molecule has 0 radical (unpaired) electrons. The normalized spacial score (nSPS) is 10.3. The van der Waals surface area contributed by atoms with Crippen molar-refractivity contribution in [3.05, 3.63) is 83.9 Å². The van der Waals surface area contributed by atoms with E-state index in [0.717, 1.165) is 29.9 Å². The predicted octanol–water partition coefficient (Wildman–Crippen LogP) is 5.44. The second-order valence-corrected chi connectivity index (χ2v) is 7.43. The van der Waals surface area contributed by atoms with Crippen molar-refractivity contribution in [1.29, 1.82) is 0 Å². The summed E-state index contributed by atoms with van der Waals surface area (Å²) in [4.78, 5) is 24.5. The quantitative estimate of drug-likeness (QED) is 0.418. The van der Waals surface area contributed by atoms with Gasteiger partial charge in [-0.1, -0.05) is 12.1 Å². The van der Waals surface area contributed by atoms with E-state index in [1.54, 1.807) is 55.6 Å². The summed E-state index contributed by atoms with van der Waals surface area (Å²) in [7, 11) is 1.59. The zero-order chi connectivity index (χ0) is 22.8. The third kappa shape index (κ3) is 7.16. The van der Waals surface area contributed by atoms with Crippen molar-refractivity contribution in [2.45, 2.75) is 26.2 Å². The van der Waals surface area contributed by atoms with Gasteiger partial charge in [0.05, 0.1) is 13.7 Å². The van der Waals surface area contributed by atoms with E-state index in [-0.39, 0.29) is 11.8 Å². The van der Waals surface area contributed by atoms with Gasteiger partial charge in [-0.15, -0.1) is 0 Å². The number of amides is 2. The number of aryl methyl sites for hydroxylation is 1. The minimum atomic E-state index is -0.221. The number of nitrogens with one attached hydrogen (secondary N) is 2. The standard InChI is InChI=1S/C26H28N2O4/c1-19-6-5-7-24(18-19)32-17-4-3-8-25(29)27-21-11-9-20(10-12-21)26(30)28-22-13-15-23(31-2)16-14-22/h5-7,9-16,18H,3-4,8,17H2,1-2H3,(H,27,29)(H,28,30). The topological polar surface area (TPSA) is 76.7 Å². The molecule has 0 heterocycles. The molecule has 3 aromatic carbocycles. The van der Waals surface area contributed by atoms with E-state index in [2.05, 4.69) is 10.6 Å². The molecular weight excluding hydrogens is 404 g/mol. The van der Waals surface area contributed by atoms with Crippen LogP contribution in [0.5, 0.6) is 11.5 Å². The highest BCUT2D eigenvalue weighted by molar-refractivity contribution is 6.04. The monoisotopic (exact) mass is 432 g/mol. The van der Waals surface area contributed by atoms with Gasteiger partial charge in [-0.2, -0.15) is 0 Å². The largest absolute Gasteiger partial charge is 0.497 e. The summed E-state index contributed by atoms with van der Waals surface area (Å²) in [6.45, 7) is 2.60. The average molecular weight is 433 g/mol. The first-order valence-electron chi connectivity index (χ1n) is 10.6. The second kappa shape index (κ2) is 11.6. The van der Waals surface area contributed by atoms with Gasteiger partial charge in [-0.25, -0.2) is 0 Å². The van der Waals surface area contributed by atoms with Crippen LogP contribution >= 0.6 is 0 Å². The summed E-state index contributed by atoms with van der Waals surface area (Å²) in [5.41, 5.74) is 3.00. The molecule has 0 aromatic heterocycles. The highest BCUT2D eigenvalue weighted by Crippen LogP contribution is 2.17. The number of hydrogen-bond donors (Lipinski definition) is 2. The number of methoxy groups -OCH3 is 1. The minimum absolute atomic E-state index is 0.0593. The SMILES string of the molecule is COc1ccc(NC(=O)c2ccc(NC(=O)CCCCOc3cccc(C)c3)cc2)cc1. The fraction of sp³-hybridized carbons (Fsp3) is 0.231. The summed E-state index contributed by atoms with van der Waals surface area (Å²) in [6, 6.07) is 21.8. The first kappa shape index (κ1) is 22.9. The maximum atomic E-state index is 12.4. The Bertz CT molecular complexity index is 1030. The Morgan fingerprint density at radius 1 is 0.812 bits per heavy atom. The highest BCUT2D eigenvalue weighted by Gasteiger charge is 2.08. The molecule has 6 nitrogen and oxygen atoms in total. The third-order valence-electron chi connectivity index (χ3n) is 4.84. The summed E-state index contributed by atoms with van der Waals surface area (Å²) >= 11 is 0. The highest BCUT2D eigenvalue weighted by atomic mass is 16.5. The molecule has 0 unspecified atom stereocenters. The molecule has 0 aliphatic carbocycles. The number of rotatable bonds is 10. The summed E-state index contributed by atoms with van der Waals surface area (Å²) in [5, 5.41) is 5.69. The average Bonchev–Trinajstić information content (AvgIpc) is 2.80. The van der Waals surface area contributed by atoms with E-state index in [4.69, 9.17) is 9.47 Å². The summed E-state index contributed by atoms with van der Waals surface area (Å²) in [5.74, 6) is 1.30. The van der Waals surface area contributed by atoms with E-state index in [9.17, 15) is 9.59 Å². The van der Waals surface area contributed by atoms with Crippen molar-refractivity contribution in [2.75, 3.05) is 24.4 Å². The number of ether oxygens (including phenoxy) is 2. The molecule has 3 aromatic rings. The molecule has 166 valence electrons. The number of carbonyl (C=O) groups excluding carboxylic acids is 2. The number of unbranched alkanes of at least 4 members (excludes halogenated alkanes) is 1. The van der Waals surface area contributed by atoms with Crippen LogP contribution < -0.4 is 20.1 Å². The lowest BCUT2D eigenvalue weighted by atomic mass is 10.1. The maximum absolute atomic E-state index is 12.4. The van der Waals surface area contributed by atoms with Crippen LogP contribution in [0.25, 0.3) is 0 Å². The Labute approximate surface area is 188 Å². The molecule has 32 heavy (non-hydrogen) atoms. The van der Waals surface area contributed by atoms with Crippen LogP contribution in [0.3, 0.4) is 0 Å². The molecular formula is C26H28N2O4. The van der Waals surface area contributed by atoms with Gasteiger partial charge < -0.3 is 20.1 Å². The molecule has 0 aliphatic heterocycles.